The molecule has 2 unspecified atom stereocenters. The van der Waals surface area contributed by atoms with Crippen LogP contribution in [0, 0.1) is 83.1 Å². The number of hydrogen-bond donors (Lipinski definition) is 1. The van der Waals surface area contributed by atoms with Crippen LogP contribution in [0.25, 0.3) is 22.1 Å². The first kappa shape index (κ1) is 66.0. The number of aromatic nitrogens is 6. The summed E-state index contributed by atoms with van der Waals surface area (Å²) in [5.41, 5.74) is 28.1. The summed E-state index contributed by atoms with van der Waals surface area (Å²) in [5.74, 6) is -0.598. The molecule has 0 fully saturated rings. The van der Waals surface area contributed by atoms with Crippen molar-refractivity contribution in [2.75, 3.05) is 26.3 Å². The maximum atomic E-state index is 13.9. The number of amides is 1. The second-order valence-corrected chi connectivity index (χ2v) is 23.5. The molecule has 456 valence electrons. The van der Waals surface area contributed by atoms with Crippen LogP contribution in [0.1, 0.15) is 192 Å². The number of aryl methyl sites for hydroxylation is 10. The zero-order chi connectivity index (χ0) is 61.7. The predicted octanol–water partition coefficient (Wildman–Crippen LogP) is 14.3. The van der Waals surface area contributed by atoms with Crippen LogP contribution in [-0.4, -0.2) is 84.3 Å². The smallest absolute Gasteiger partial charge is 0.306 e. The second kappa shape index (κ2) is 28.3. The number of esters is 2. The van der Waals surface area contributed by atoms with Crippen LogP contribution in [0.15, 0.2) is 60.7 Å². The van der Waals surface area contributed by atoms with Gasteiger partial charge in [0.05, 0.1) is 37.1 Å². The van der Waals surface area contributed by atoms with Crippen LogP contribution in [0.2, 0.25) is 0 Å². The van der Waals surface area contributed by atoms with Gasteiger partial charge in [-0.25, -0.2) is 9.36 Å². The van der Waals surface area contributed by atoms with Crippen LogP contribution in [-0.2, 0) is 58.1 Å². The number of rotatable bonds is 14. The van der Waals surface area contributed by atoms with Crippen molar-refractivity contribution in [2.45, 2.75) is 182 Å². The Morgan fingerprint density at radius 3 is 1.41 bits per heavy atom. The monoisotopic (exact) mass is 1180 g/mol. The van der Waals surface area contributed by atoms with Gasteiger partial charge in [-0.2, -0.15) is 0 Å². The average molecular weight is 1190 g/mol. The topological polar surface area (TPSA) is 163 Å². The van der Waals surface area contributed by atoms with Crippen molar-refractivity contribution in [3.63, 3.8) is 0 Å². The Labute approximate surface area is 514 Å². The first-order valence-corrected chi connectivity index (χ1v) is 30.5. The fourth-order valence-corrected chi connectivity index (χ4v) is 13.1. The minimum atomic E-state index is -0.359. The molecule has 14 nitrogen and oxygen atoms in total. The van der Waals surface area contributed by atoms with E-state index < -0.39 is 0 Å². The van der Waals surface area contributed by atoms with Crippen molar-refractivity contribution in [3.05, 3.63) is 183 Å². The van der Waals surface area contributed by atoms with Crippen LogP contribution >= 0.6 is 11.6 Å². The van der Waals surface area contributed by atoms with Crippen molar-refractivity contribution in [2.24, 2.45) is 0 Å². The zero-order valence-corrected chi connectivity index (χ0v) is 53.6. The first-order valence-electron chi connectivity index (χ1n) is 30.1. The summed E-state index contributed by atoms with van der Waals surface area (Å²) in [6, 6.07) is 21.5. The normalized spacial score (nSPS) is 13.3. The van der Waals surface area contributed by atoms with Gasteiger partial charge in [-0.15, -0.1) is 10.2 Å². The van der Waals surface area contributed by atoms with Gasteiger partial charge in [-0.05, 0) is 265 Å². The molecule has 8 aromatic rings. The number of fused-ring (bicyclic) bond motifs is 4. The molecule has 2 aromatic heterocycles. The van der Waals surface area contributed by atoms with Gasteiger partial charge in [0.25, 0.3) is 11.1 Å². The Balaban J connectivity index is 0.000000208. The highest BCUT2D eigenvalue weighted by Crippen LogP contribution is 2.39. The Kier molecular flexibility index (Phi) is 21.7. The summed E-state index contributed by atoms with van der Waals surface area (Å²) in [6.45, 7) is 37.7. The number of nitrogens with zero attached hydrogens (tertiary/aromatic N) is 7. The molecule has 2 aliphatic heterocycles. The molecule has 86 heavy (non-hydrogen) atoms. The number of nitrogens with one attached hydrogen (secondary N) is 1. The zero-order valence-electron chi connectivity index (χ0n) is 52.9. The maximum absolute atomic E-state index is 13.9. The number of benzene rings is 6. The van der Waals surface area contributed by atoms with Gasteiger partial charge in [0.2, 0.25) is 0 Å². The van der Waals surface area contributed by atoms with Crippen molar-refractivity contribution in [3.8, 4) is 0 Å². The van der Waals surface area contributed by atoms with Gasteiger partial charge in [0.1, 0.15) is 11.0 Å². The molecule has 15 heteroatoms. The fraction of sp³-hybridized carbons (Fsp3) is 0.437. The van der Waals surface area contributed by atoms with E-state index in [0.717, 1.165) is 150 Å². The molecule has 0 aliphatic carbocycles. The largest absolute Gasteiger partial charge is 0.466 e. The van der Waals surface area contributed by atoms with Crippen LogP contribution in [0.5, 0.6) is 0 Å². The molecule has 1 amide bonds. The van der Waals surface area contributed by atoms with E-state index in [1.807, 2.05) is 76.6 Å². The molecule has 6 aromatic carbocycles. The summed E-state index contributed by atoms with van der Waals surface area (Å²) in [6.07, 6.45) is 2.40. The first-order chi connectivity index (χ1) is 40.5. The van der Waals surface area contributed by atoms with Crippen molar-refractivity contribution >= 4 is 56.8 Å². The lowest BCUT2D eigenvalue weighted by Crippen LogP contribution is -2.37. The summed E-state index contributed by atoms with van der Waals surface area (Å²) in [4.78, 5) is 52.5. The Bertz CT molecular complexity index is 3820. The van der Waals surface area contributed by atoms with Crippen LogP contribution in [0.4, 0.5) is 0 Å². The summed E-state index contributed by atoms with van der Waals surface area (Å²) in [7, 11) is 0. The standard InChI is InChI=1S/C35H42N4O3.C24H30N4O2.C11H13ClO.CH4/c1-9-39-31-12-11-29(25(8)34(31)36-37-39)30(18-32(40)42-10-2)26-16-22(5)28-13-14-38(19-27(28)17-26)35(41)33-23(6)20(3)15-21(4)24(33)7;1-5-28-22-8-7-20(16(4)24(22)26-27-28)21(13-23(29)30-6-2)17-11-15(3)19-9-10-25-14-18(19)12-17;1-6-5-7(2)9(4)10(8(6)3)11(12)13;/h11-12,15-17,30H,9-10,13-14,18-19H2,1-8H3;7-8,11-12,21,25H,5-6,9-10,13-14H2,1-4H3;5H,1-4H3;1H4. The molecule has 4 heterocycles. The van der Waals surface area contributed by atoms with E-state index in [0.29, 0.717) is 38.3 Å². The molecule has 0 saturated heterocycles. The number of carbonyl (C=O) groups excluding carboxylic acids is 4. The molecule has 0 saturated carbocycles. The van der Waals surface area contributed by atoms with Gasteiger partial charge in [-0.1, -0.05) is 66.4 Å². The molecular formula is C71H89ClN8O6. The molecule has 1 N–H and O–H groups in total. The predicted molar refractivity (Wildman–Crippen MR) is 346 cm³/mol. The molecular weight excluding hydrogens is 1100 g/mol. The minimum Gasteiger partial charge on any atom is -0.466 e. The van der Waals surface area contributed by atoms with E-state index in [2.05, 4.69) is 135 Å². The lowest BCUT2D eigenvalue weighted by molar-refractivity contribution is -0.144. The van der Waals surface area contributed by atoms with Crippen molar-refractivity contribution in [1.82, 2.24) is 40.2 Å². The minimum absolute atomic E-state index is 0. The van der Waals surface area contributed by atoms with E-state index >= 15 is 0 Å². The third-order valence-electron chi connectivity index (χ3n) is 17.9. The lowest BCUT2D eigenvalue weighted by atomic mass is 9.82. The Morgan fingerprint density at radius 1 is 0.547 bits per heavy atom. The van der Waals surface area contributed by atoms with Gasteiger partial charge >= 0.3 is 11.9 Å². The van der Waals surface area contributed by atoms with Gasteiger partial charge in [0.15, 0.2) is 0 Å². The highest BCUT2D eigenvalue weighted by molar-refractivity contribution is 6.68. The molecule has 10 rings (SSSR count). The summed E-state index contributed by atoms with van der Waals surface area (Å²) in [5, 5.41) is 20.6. The highest BCUT2D eigenvalue weighted by Gasteiger charge is 2.30. The number of ether oxygens (including phenoxy) is 2. The van der Waals surface area contributed by atoms with E-state index in [-0.39, 0.29) is 48.8 Å². The molecule has 2 aliphatic rings. The molecule has 2 atom stereocenters. The molecule has 0 bridgehead atoms. The van der Waals surface area contributed by atoms with Crippen molar-refractivity contribution < 1.29 is 28.7 Å². The van der Waals surface area contributed by atoms with Crippen LogP contribution < -0.4 is 5.32 Å². The maximum Gasteiger partial charge on any atom is 0.306 e. The fourth-order valence-electron chi connectivity index (χ4n) is 12.8. The van der Waals surface area contributed by atoms with Crippen molar-refractivity contribution in [1.29, 1.82) is 0 Å². The summed E-state index contributed by atoms with van der Waals surface area (Å²) >= 11 is 5.52. The van der Waals surface area contributed by atoms with E-state index in [9.17, 15) is 19.2 Å². The lowest BCUT2D eigenvalue weighted by Gasteiger charge is -2.32. The average Bonchev–Trinajstić information content (AvgIpc) is 2.98. The quantitative estimate of drug-likeness (QED) is 0.0814. The SMILES string of the molecule is C.CCOC(=O)CC(c1cc(C)c2c(c1)CN(C(=O)c1c(C)c(C)cc(C)c1C)CC2)c1ccc2c(nnn2CC)c1C.CCOC(=O)CC(c1cc(C)c2c(c1)CNCC2)c1ccc2c(nnn2CC)c1C.Cc1cc(C)c(C)c(C(=O)Cl)c1C. The summed E-state index contributed by atoms with van der Waals surface area (Å²) < 4.78 is 14.5. The van der Waals surface area contributed by atoms with E-state index in [1.54, 1.807) is 0 Å². The van der Waals surface area contributed by atoms with E-state index in [1.165, 1.54) is 27.8 Å². The Hall–Kier alpha value is -7.55. The number of hydrogen-bond acceptors (Lipinski definition) is 11. The van der Waals surface area contributed by atoms with E-state index in [4.69, 9.17) is 21.1 Å². The Morgan fingerprint density at radius 2 is 0.977 bits per heavy atom. The third-order valence-corrected chi connectivity index (χ3v) is 18.1. The highest BCUT2D eigenvalue weighted by atomic mass is 35.5. The molecule has 0 radical (unpaired) electrons. The third kappa shape index (κ3) is 13.7. The van der Waals surface area contributed by atoms with Gasteiger partial charge in [0, 0.05) is 55.7 Å². The second-order valence-electron chi connectivity index (χ2n) is 23.1. The van der Waals surface area contributed by atoms with Gasteiger partial charge in [-0.3, -0.25) is 19.2 Å². The number of carbonyl (C=O) groups is 4. The number of halogens is 1. The van der Waals surface area contributed by atoms with Crippen LogP contribution in [0.3, 0.4) is 0 Å². The van der Waals surface area contributed by atoms with Gasteiger partial charge < -0.3 is 19.7 Å². The molecule has 0 spiro atoms.